The first kappa shape index (κ1) is 20.6. The van der Waals surface area contributed by atoms with Crippen molar-refractivity contribution >= 4 is 11.7 Å². The second kappa shape index (κ2) is 10.4. The van der Waals surface area contributed by atoms with Crippen LogP contribution in [0.5, 0.6) is 17.2 Å². The summed E-state index contributed by atoms with van der Waals surface area (Å²) in [7, 11) is 7.32. The summed E-state index contributed by atoms with van der Waals surface area (Å²) in [5, 5.41) is 9.40. The molecule has 0 fully saturated rings. The highest BCUT2D eigenvalue weighted by Crippen LogP contribution is 2.40. The van der Waals surface area contributed by atoms with E-state index in [1.807, 2.05) is 0 Å². The third kappa shape index (κ3) is 5.27. The summed E-state index contributed by atoms with van der Waals surface area (Å²) < 4.78 is 31.6. The van der Waals surface area contributed by atoms with E-state index in [1.165, 1.54) is 28.4 Å². The molecule has 25 heavy (non-hydrogen) atoms. The maximum absolute atomic E-state index is 11.5. The zero-order valence-electron chi connectivity index (χ0n) is 15.1. The third-order valence-electron chi connectivity index (χ3n) is 3.28. The molecular formula is C17H24O8. The second-order valence-corrected chi connectivity index (χ2v) is 4.80. The number of ether oxygens (including phenoxy) is 6. The number of carboxylic acid groups (broad SMARTS) is 1. The van der Waals surface area contributed by atoms with Crippen molar-refractivity contribution in [2.45, 2.75) is 0 Å². The lowest BCUT2D eigenvalue weighted by Gasteiger charge is -2.18. The highest BCUT2D eigenvalue weighted by Gasteiger charge is 2.21. The van der Waals surface area contributed by atoms with Crippen LogP contribution in [0.4, 0.5) is 0 Å². The van der Waals surface area contributed by atoms with Crippen LogP contribution in [0.3, 0.4) is 0 Å². The van der Waals surface area contributed by atoms with E-state index in [2.05, 4.69) is 0 Å². The van der Waals surface area contributed by atoms with Crippen LogP contribution in [0.1, 0.15) is 5.56 Å². The van der Waals surface area contributed by atoms with Crippen LogP contribution >= 0.6 is 0 Å². The van der Waals surface area contributed by atoms with Gasteiger partial charge in [-0.05, 0) is 12.1 Å². The molecule has 1 rings (SSSR count). The van der Waals surface area contributed by atoms with Crippen LogP contribution in [-0.2, 0) is 19.0 Å². The van der Waals surface area contributed by atoms with Crippen molar-refractivity contribution in [2.75, 3.05) is 55.4 Å². The molecule has 0 radical (unpaired) electrons. The molecule has 0 amide bonds. The average Bonchev–Trinajstić information content (AvgIpc) is 2.61. The average molecular weight is 356 g/mol. The van der Waals surface area contributed by atoms with Crippen LogP contribution in [0.2, 0.25) is 0 Å². The SMILES string of the molecule is COCCOc1c(OC)cc(C(OC)=C(COC)C(=O)O)cc1OC. The van der Waals surface area contributed by atoms with E-state index in [9.17, 15) is 9.90 Å². The van der Waals surface area contributed by atoms with Crippen LogP contribution < -0.4 is 14.2 Å². The van der Waals surface area contributed by atoms with Gasteiger partial charge in [-0.1, -0.05) is 0 Å². The van der Waals surface area contributed by atoms with Gasteiger partial charge in [0.05, 0.1) is 34.5 Å². The predicted octanol–water partition coefficient (Wildman–Crippen LogP) is 1.82. The van der Waals surface area contributed by atoms with E-state index in [0.29, 0.717) is 36.0 Å². The molecule has 0 heterocycles. The summed E-state index contributed by atoms with van der Waals surface area (Å²) in [5.41, 5.74) is 0.437. The molecule has 8 nitrogen and oxygen atoms in total. The van der Waals surface area contributed by atoms with Gasteiger partial charge in [-0.3, -0.25) is 0 Å². The van der Waals surface area contributed by atoms with Gasteiger partial charge < -0.3 is 33.5 Å². The van der Waals surface area contributed by atoms with Gasteiger partial charge in [0.2, 0.25) is 5.75 Å². The molecule has 0 atom stereocenters. The van der Waals surface area contributed by atoms with Crippen molar-refractivity contribution in [2.24, 2.45) is 0 Å². The molecule has 1 N–H and O–H groups in total. The van der Waals surface area contributed by atoms with Crippen molar-refractivity contribution in [1.82, 2.24) is 0 Å². The Bertz CT molecular complexity index is 584. The van der Waals surface area contributed by atoms with Gasteiger partial charge in [-0.2, -0.15) is 0 Å². The Morgan fingerprint density at radius 2 is 1.56 bits per heavy atom. The van der Waals surface area contributed by atoms with Crippen LogP contribution in [-0.4, -0.2) is 66.4 Å². The first-order valence-electron chi connectivity index (χ1n) is 7.41. The molecule has 0 bridgehead atoms. The number of hydrogen-bond acceptors (Lipinski definition) is 7. The topological polar surface area (TPSA) is 92.7 Å². The first-order valence-corrected chi connectivity index (χ1v) is 7.41. The van der Waals surface area contributed by atoms with Crippen molar-refractivity contribution in [3.63, 3.8) is 0 Å². The molecule has 0 aromatic heterocycles. The molecule has 0 saturated carbocycles. The zero-order valence-corrected chi connectivity index (χ0v) is 15.1. The summed E-state index contributed by atoms with van der Waals surface area (Å²) in [5.74, 6) is 0.153. The standard InChI is InChI=1S/C17H24O8/c1-20-6-7-25-16-13(22-3)8-11(9-14(16)23-4)15(24-5)12(10-21-2)17(18)19/h8-9H,6-7,10H2,1-5H3,(H,18,19). The lowest BCUT2D eigenvalue weighted by atomic mass is 10.1. The number of carbonyl (C=O) groups is 1. The van der Waals surface area contributed by atoms with Crippen molar-refractivity contribution < 1.29 is 38.3 Å². The highest BCUT2D eigenvalue weighted by molar-refractivity contribution is 5.95. The molecule has 0 aliphatic carbocycles. The Hall–Kier alpha value is -2.45. The number of carboxylic acids is 1. The van der Waals surface area contributed by atoms with Crippen LogP contribution in [0.15, 0.2) is 17.7 Å². The lowest BCUT2D eigenvalue weighted by molar-refractivity contribution is -0.133. The number of hydrogen-bond donors (Lipinski definition) is 1. The number of benzene rings is 1. The fourth-order valence-electron chi connectivity index (χ4n) is 2.16. The Balaban J connectivity index is 3.44. The molecule has 140 valence electrons. The van der Waals surface area contributed by atoms with Gasteiger partial charge in [0, 0.05) is 19.8 Å². The van der Waals surface area contributed by atoms with Gasteiger partial charge in [0.1, 0.15) is 17.9 Å². The Labute approximate surface area is 146 Å². The fourth-order valence-corrected chi connectivity index (χ4v) is 2.16. The molecule has 0 aliphatic heterocycles. The van der Waals surface area contributed by atoms with Crippen molar-refractivity contribution in [1.29, 1.82) is 0 Å². The zero-order chi connectivity index (χ0) is 18.8. The van der Waals surface area contributed by atoms with Crippen LogP contribution in [0.25, 0.3) is 5.76 Å². The maximum Gasteiger partial charge on any atom is 0.337 e. The lowest BCUT2D eigenvalue weighted by Crippen LogP contribution is -2.11. The summed E-state index contributed by atoms with van der Waals surface area (Å²) in [6.07, 6.45) is 0. The summed E-state index contributed by atoms with van der Waals surface area (Å²) in [6, 6.07) is 3.23. The summed E-state index contributed by atoms with van der Waals surface area (Å²) in [4.78, 5) is 11.5. The highest BCUT2D eigenvalue weighted by atomic mass is 16.6. The second-order valence-electron chi connectivity index (χ2n) is 4.80. The van der Waals surface area contributed by atoms with Crippen LogP contribution in [0, 0.1) is 0 Å². The third-order valence-corrected chi connectivity index (χ3v) is 3.28. The number of aliphatic carboxylic acids is 1. The molecule has 0 aliphatic rings. The van der Waals surface area contributed by atoms with Gasteiger partial charge >= 0.3 is 5.97 Å². The molecule has 0 spiro atoms. The minimum atomic E-state index is -1.14. The minimum Gasteiger partial charge on any atom is -0.495 e. The van der Waals surface area contributed by atoms with Crippen molar-refractivity contribution in [3.05, 3.63) is 23.3 Å². The van der Waals surface area contributed by atoms with E-state index >= 15 is 0 Å². The Kier molecular flexibility index (Phi) is 8.59. The molecule has 1 aromatic carbocycles. The fraction of sp³-hybridized carbons (Fsp3) is 0.471. The van der Waals surface area contributed by atoms with E-state index in [0.717, 1.165) is 0 Å². The number of methoxy groups -OCH3 is 5. The smallest absolute Gasteiger partial charge is 0.337 e. The minimum absolute atomic E-state index is 0.0258. The normalized spacial score (nSPS) is 11.6. The Morgan fingerprint density at radius 1 is 0.960 bits per heavy atom. The van der Waals surface area contributed by atoms with E-state index < -0.39 is 5.97 Å². The molecule has 8 heteroatoms. The van der Waals surface area contributed by atoms with E-state index in [1.54, 1.807) is 19.2 Å². The maximum atomic E-state index is 11.5. The molecule has 1 aromatic rings. The Morgan fingerprint density at radius 3 is 1.96 bits per heavy atom. The molecule has 0 saturated heterocycles. The van der Waals surface area contributed by atoms with E-state index in [-0.39, 0.29) is 17.9 Å². The monoisotopic (exact) mass is 356 g/mol. The molecular weight excluding hydrogens is 332 g/mol. The van der Waals surface area contributed by atoms with Gasteiger partial charge in [-0.25, -0.2) is 4.79 Å². The first-order chi connectivity index (χ1) is 12.0. The van der Waals surface area contributed by atoms with Crippen molar-refractivity contribution in [3.8, 4) is 17.2 Å². The van der Waals surface area contributed by atoms with Gasteiger partial charge in [0.25, 0.3) is 0 Å². The van der Waals surface area contributed by atoms with E-state index in [4.69, 9.17) is 28.4 Å². The summed E-state index contributed by atoms with van der Waals surface area (Å²) in [6.45, 7) is 0.586. The summed E-state index contributed by atoms with van der Waals surface area (Å²) >= 11 is 0. The largest absolute Gasteiger partial charge is 0.495 e. The predicted molar refractivity (Wildman–Crippen MR) is 90.4 cm³/mol. The van der Waals surface area contributed by atoms with Gasteiger partial charge in [-0.15, -0.1) is 0 Å². The molecule has 0 unspecified atom stereocenters. The number of rotatable bonds is 11. The quantitative estimate of drug-likeness (QED) is 0.365. The van der Waals surface area contributed by atoms with Gasteiger partial charge in [0.15, 0.2) is 11.5 Å².